The van der Waals surface area contributed by atoms with Gasteiger partial charge in [-0.1, -0.05) is 11.6 Å². The molecule has 2 saturated heterocycles. The summed E-state index contributed by atoms with van der Waals surface area (Å²) in [7, 11) is 0. The van der Waals surface area contributed by atoms with Crippen molar-refractivity contribution in [2.75, 3.05) is 37.8 Å². The number of fused-ring (bicyclic) bond motifs is 1. The Morgan fingerprint density at radius 1 is 1.29 bits per heavy atom. The molecule has 0 saturated carbocycles. The normalized spacial score (nSPS) is 21.0. The molecule has 0 spiro atoms. The average molecular weight is 402 g/mol. The summed E-state index contributed by atoms with van der Waals surface area (Å²) >= 11 is 6.59. The topological polar surface area (TPSA) is 83.4 Å². The van der Waals surface area contributed by atoms with Gasteiger partial charge in [0.1, 0.15) is 23.3 Å². The molecule has 28 heavy (non-hydrogen) atoms. The van der Waals surface area contributed by atoms with Crippen LogP contribution in [0.2, 0.25) is 5.02 Å². The number of aromatic nitrogens is 2. The molecule has 0 aromatic carbocycles. The molecule has 2 aromatic heterocycles. The molecule has 2 aliphatic rings. The van der Waals surface area contributed by atoms with Gasteiger partial charge in [-0.15, -0.1) is 0 Å². The number of nitrogens with one attached hydrogen (secondary N) is 2. The summed E-state index contributed by atoms with van der Waals surface area (Å²) in [6, 6.07) is 3.77. The largest absolute Gasteiger partial charge is 0.378 e. The Hall–Kier alpha value is -2.22. The number of anilines is 1. The zero-order valence-electron chi connectivity index (χ0n) is 15.7. The van der Waals surface area contributed by atoms with E-state index in [1.807, 2.05) is 12.1 Å². The van der Waals surface area contributed by atoms with Crippen LogP contribution < -0.4 is 10.2 Å². The van der Waals surface area contributed by atoms with Crippen molar-refractivity contribution >= 4 is 40.2 Å². The minimum absolute atomic E-state index is 0.0881. The predicted octanol–water partition coefficient (Wildman–Crippen LogP) is 3.23. The Morgan fingerprint density at radius 3 is 2.89 bits per heavy atom. The quantitative estimate of drug-likeness (QED) is 0.748. The molecule has 1 unspecified atom stereocenters. The van der Waals surface area contributed by atoms with Crippen LogP contribution in [-0.2, 0) is 9.47 Å². The number of hydrogen-bond acceptors (Lipinski definition) is 7. The average Bonchev–Trinajstić information content (AvgIpc) is 2.74. The van der Waals surface area contributed by atoms with Crippen LogP contribution in [0.4, 0.5) is 5.82 Å². The van der Waals surface area contributed by atoms with Crippen molar-refractivity contribution in [1.29, 1.82) is 5.41 Å². The fraction of sp³-hybridized carbons (Fsp3) is 0.450. The van der Waals surface area contributed by atoms with Crippen LogP contribution in [0.1, 0.15) is 25.0 Å². The summed E-state index contributed by atoms with van der Waals surface area (Å²) in [6.45, 7) is 3.65. The molecule has 0 aliphatic carbocycles. The van der Waals surface area contributed by atoms with E-state index in [9.17, 15) is 0 Å². The SMILES string of the molecule is N=C/C=C(\NC1CCCCO1)c1nccc2c(Cl)cc(N3CCOCC3)nc12. The van der Waals surface area contributed by atoms with E-state index in [4.69, 9.17) is 31.5 Å². The van der Waals surface area contributed by atoms with Gasteiger partial charge in [-0.25, -0.2) is 4.98 Å². The van der Waals surface area contributed by atoms with E-state index in [1.54, 1.807) is 12.3 Å². The molecule has 0 bridgehead atoms. The molecule has 1 atom stereocenters. The van der Waals surface area contributed by atoms with Gasteiger partial charge in [0.25, 0.3) is 0 Å². The lowest BCUT2D eigenvalue weighted by Crippen LogP contribution is -2.36. The molecule has 2 aromatic rings. The van der Waals surface area contributed by atoms with Crippen LogP contribution >= 0.6 is 11.6 Å². The maximum absolute atomic E-state index is 7.57. The first-order valence-electron chi connectivity index (χ1n) is 9.63. The summed E-state index contributed by atoms with van der Waals surface area (Å²) in [5, 5.41) is 12.4. The summed E-state index contributed by atoms with van der Waals surface area (Å²) in [4.78, 5) is 11.6. The molecular formula is C20H24ClN5O2. The van der Waals surface area contributed by atoms with Gasteiger partial charge in [0, 0.05) is 37.5 Å². The van der Waals surface area contributed by atoms with E-state index >= 15 is 0 Å². The monoisotopic (exact) mass is 401 g/mol. The standard InChI is InChI=1S/C20H24ClN5O2/c21-15-13-17(26-8-11-27-12-9-26)25-19-14(15)5-7-23-20(19)16(4-6-22)24-18-3-1-2-10-28-18/h4-7,13,18,22,24H,1-3,8-12H2/b16-4-,22-6?. The van der Waals surface area contributed by atoms with E-state index in [-0.39, 0.29) is 6.23 Å². The van der Waals surface area contributed by atoms with Crippen molar-refractivity contribution < 1.29 is 9.47 Å². The third-order valence-electron chi connectivity index (χ3n) is 5.00. The summed E-state index contributed by atoms with van der Waals surface area (Å²) in [5.41, 5.74) is 2.11. The maximum Gasteiger partial charge on any atom is 0.130 e. The number of allylic oxidation sites excluding steroid dienone is 1. The first-order valence-corrected chi connectivity index (χ1v) is 10.0. The second kappa shape index (κ2) is 8.86. The van der Waals surface area contributed by atoms with Gasteiger partial charge in [-0.05, 0) is 37.5 Å². The molecule has 7 nitrogen and oxygen atoms in total. The molecule has 2 aliphatic heterocycles. The Kier molecular flexibility index (Phi) is 6.04. The van der Waals surface area contributed by atoms with Crippen molar-refractivity contribution in [2.45, 2.75) is 25.5 Å². The Balaban J connectivity index is 1.74. The van der Waals surface area contributed by atoms with Gasteiger partial charge < -0.3 is 25.1 Å². The van der Waals surface area contributed by atoms with E-state index in [0.717, 1.165) is 55.9 Å². The van der Waals surface area contributed by atoms with Crippen molar-refractivity contribution in [3.63, 3.8) is 0 Å². The fourth-order valence-electron chi connectivity index (χ4n) is 3.56. The Morgan fingerprint density at radius 2 is 2.14 bits per heavy atom. The van der Waals surface area contributed by atoms with E-state index in [2.05, 4.69) is 15.2 Å². The number of rotatable bonds is 5. The van der Waals surface area contributed by atoms with E-state index < -0.39 is 0 Å². The number of pyridine rings is 2. The van der Waals surface area contributed by atoms with Gasteiger partial charge in [0.05, 0.1) is 23.9 Å². The van der Waals surface area contributed by atoms with Gasteiger partial charge in [0.2, 0.25) is 0 Å². The van der Waals surface area contributed by atoms with E-state index in [1.165, 1.54) is 6.21 Å². The summed E-state index contributed by atoms with van der Waals surface area (Å²) in [6.07, 6.45) is 7.69. The second-order valence-electron chi connectivity index (χ2n) is 6.86. The predicted molar refractivity (Wildman–Crippen MR) is 111 cm³/mol. The molecule has 0 radical (unpaired) electrons. The van der Waals surface area contributed by atoms with Crippen LogP contribution in [0.25, 0.3) is 16.6 Å². The lowest BCUT2D eigenvalue weighted by atomic mass is 10.1. The smallest absolute Gasteiger partial charge is 0.130 e. The van der Waals surface area contributed by atoms with Crippen LogP contribution in [-0.4, -0.2) is 55.3 Å². The number of nitrogens with zero attached hydrogens (tertiary/aromatic N) is 3. The molecular weight excluding hydrogens is 378 g/mol. The minimum Gasteiger partial charge on any atom is -0.378 e. The van der Waals surface area contributed by atoms with Crippen molar-refractivity contribution in [3.05, 3.63) is 35.1 Å². The highest BCUT2D eigenvalue weighted by molar-refractivity contribution is 6.35. The lowest BCUT2D eigenvalue weighted by Gasteiger charge is -2.28. The third kappa shape index (κ3) is 4.11. The van der Waals surface area contributed by atoms with Gasteiger partial charge in [-0.2, -0.15) is 0 Å². The molecule has 2 fully saturated rings. The molecule has 4 rings (SSSR count). The Labute approximate surface area is 169 Å². The fourth-order valence-corrected chi connectivity index (χ4v) is 3.81. The van der Waals surface area contributed by atoms with Crippen LogP contribution in [0.5, 0.6) is 0 Å². The van der Waals surface area contributed by atoms with E-state index in [0.29, 0.717) is 29.4 Å². The van der Waals surface area contributed by atoms with Crippen LogP contribution in [0, 0.1) is 5.41 Å². The first-order chi connectivity index (χ1) is 13.8. The van der Waals surface area contributed by atoms with Crippen LogP contribution in [0.3, 0.4) is 0 Å². The van der Waals surface area contributed by atoms with Crippen molar-refractivity contribution in [1.82, 2.24) is 15.3 Å². The first kappa shape index (κ1) is 19.1. The van der Waals surface area contributed by atoms with Gasteiger partial charge in [-0.3, -0.25) is 4.98 Å². The highest BCUT2D eigenvalue weighted by Gasteiger charge is 2.20. The number of halogens is 1. The number of ether oxygens (including phenoxy) is 2. The number of morpholine rings is 1. The molecule has 8 heteroatoms. The molecule has 0 amide bonds. The van der Waals surface area contributed by atoms with Crippen molar-refractivity contribution in [2.24, 2.45) is 0 Å². The number of hydrogen-bond donors (Lipinski definition) is 2. The van der Waals surface area contributed by atoms with Gasteiger partial charge in [0.15, 0.2) is 0 Å². The molecule has 4 heterocycles. The third-order valence-corrected chi connectivity index (χ3v) is 5.31. The highest BCUT2D eigenvalue weighted by Crippen LogP contribution is 2.30. The zero-order valence-corrected chi connectivity index (χ0v) is 16.4. The summed E-state index contributed by atoms with van der Waals surface area (Å²) < 4.78 is 11.3. The second-order valence-corrected chi connectivity index (χ2v) is 7.27. The van der Waals surface area contributed by atoms with Gasteiger partial charge >= 0.3 is 0 Å². The zero-order chi connectivity index (χ0) is 19.3. The molecule has 148 valence electrons. The van der Waals surface area contributed by atoms with Crippen LogP contribution in [0.15, 0.2) is 24.4 Å². The molecule has 2 N–H and O–H groups in total. The van der Waals surface area contributed by atoms with Crippen molar-refractivity contribution in [3.8, 4) is 0 Å². The summed E-state index contributed by atoms with van der Waals surface area (Å²) in [5.74, 6) is 0.818. The maximum atomic E-state index is 7.57. The highest BCUT2D eigenvalue weighted by atomic mass is 35.5. The minimum atomic E-state index is -0.0881. The lowest BCUT2D eigenvalue weighted by molar-refractivity contribution is 0.00530. The Bertz CT molecular complexity index is 876.